The fraction of sp³-hybridized carbons (Fsp3) is 0.385. The van der Waals surface area contributed by atoms with Crippen LogP contribution in [0.4, 0.5) is 0 Å². The molecule has 1 rings (SSSR count). The molecule has 3 nitrogen and oxygen atoms in total. The average Bonchev–Trinajstić information content (AvgIpc) is 2.35. The molecule has 0 heterocycles. The Balaban J connectivity index is 2.39. The molecule has 0 aliphatic heterocycles. The van der Waals surface area contributed by atoms with Crippen molar-refractivity contribution in [3.05, 3.63) is 29.8 Å². The van der Waals surface area contributed by atoms with Gasteiger partial charge in [0.05, 0.1) is 12.4 Å². The molecule has 0 N–H and O–H groups in total. The van der Waals surface area contributed by atoms with Gasteiger partial charge in [-0.15, -0.1) is 11.8 Å². The van der Waals surface area contributed by atoms with E-state index in [4.69, 9.17) is 4.74 Å². The summed E-state index contributed by atoms with van der Waals surface area (Å²) in [6.07, 6.45) is 1.99. The number of aryl methyl sites for hydroxylation is 1. The van der Waals surface area contributed by atoms with Gasteiger partial charge in [-0.1, -0.05) is 12.1 Å². The van der Waals surface area contributed by atoms with Gasteiger partial charge < -0.3 is 9.53 Å². The normalized spacial score (nSPS) is 9.94. The molecule has 17 heavy (non-hydrogen) atoms. The standard InChI is InChI=1S/C13H16O3S/c1-2-16-13(15)8-5-11-3-6-12(7-4-11)17-10-9-14/h3-4,6-7,9H,2,5,8,10H2,1H3. The molecule has 0 spiro atoms. The predicted octanol–water partition coefficient (Wildman–Crippen LogP) is 2.47. The Labute approximate surface area is 106 Å². The second-order valence-electron chi connectivity index (χ2n) is 3.43. The molecular weight excluding hydrogens is 236 g/mol. The van der Waals surface area contributed by atoms with E-state index in [2.05, 4.69) is 0 Å². The van der Waals surface area contributed by atoms with Crippen LogP contribution in [0.3, 0.4) is 0 Å². The topological polar surface area (TPSA) is 43.4 Å². The molecule has 0 aromatic heterocycles. The van der Waals surface area contributed by atoms with Crippen LogP contribution in [-0.4, -0.2) is 24.6 Å². The van der Waals surface area contributed by atoms with Crippen molar-refractivity contribution >= 4 is 24.0 Å². The Morgan fingerprint density at radius 3 is 2.65 bits per heavy atom. The maximum Gasteiger partial charge on any atom is 0.306 e. The molecule has 4 heteroatoms. The summed E-state index contributed by atoms with van der Waals surface area (Å²) >= 11 is 1.50. The summed E-state index contributed by atoms with van der Waals surface area (Å²) in [4.78, 5) is 22.4. The molecule has 92 valence electrons. The smallest absolute Gasteiger partial charge is 0.306 e. The highest BCUT2D eigenvalue weighted by Gasteiger charge is 2.02. The van der Waals surface area contributed by atoms with Gasteiger partial charge in [-0.25, -0.2) is 0 Å². The van der Waals surface area contributed by atoms with Crippen molar-refractivity contribution in [1.82, 2.24) is 0 Å². The van der Waals surface area contributed by atoms with E-state index in [0.717, 1.165) is 16.7 Å². The van der Waals surface area contributed by atoms with E-state index in [1.807, 2.05) is 24.3 Å². The van der Waals surface area contributed by atoms with Gasteiger partial charge in [0, 0.05) is 11.3 Å². The number of hydrogen-bond acceptors (Lipinski definition) is 4. The Morgan fingerprint density at radius 1 is 1.35 bits per heavy atom. The number of rotatable bonds is 7. The van der Waals surface area contributed by atoms with E-state index in [0.29, 0.717) is 25.2 Å². The molecule has 0 atom stereocenters. The third kappa shape index (κ3) is 5.54. The Kier molecular flexibility index (Phi) is 6.40. The van der Waals surface area contributed by atoms with Gasteiger partial charge in [0.1, 0.15) is 6.29 Å². The van der Waals surface area contributed by atoms with E-state index in [1.54, 1.807) is 6.92 Å². The first-order chi connectivity index (χ1) is 8.26. The van der Waals surface area contributed by atoms with E-state index in [9.17, 15) is 9.59 Å². The lowest BCUT2D eigenvalue weighted by molar-refractivity contribution is -0.143. The molecular formula is C13H16O3S. The van der Waals surface area contributed by atoms with Crippen molar-refractivity contribution < 1.29 is 14.3 Å². The summed E-state index contributed by atoms with van der Waals surface area (Å²) < 4.78 is 4.86. The largest absolute Gasteiger partial charge is 0.466 e. The highest BCUT2D eigenvalue weighted by Crippen LogP contribution is 2.17. The first kappa shape index (κ1) is 13.8. The molecule has 0 amide bonds. The molecule has 0 radical (unpaired) electrons. The van der Waals surface area contributed by atoms with E-state index in [1.165, 1.54) is 11.8 Å². The maximum absolute atomic E-state index is 11.2. The number of thioether (sulfide) groups is 1. The van der Waals surface area contributed by atoms with Crippen molar-refractivity contribution in [1.29, 1.82) is 0 Å². The number of carbonyl (C=O) groups is 2. The molecule has 0 fully saturated rings. The highest BCUT2D eigenvalue weighted by molar-refractivity contribution is 7.99. The molecule has 0 saturated carbocycles. The van der Waals surface area contributed by atoms with Gasteiger partial charge >= 0.3 is 5.97 Å². The SMILES string of the molecule is CCOC(=O)CCc1ccc(SCC=O)cc1. The lowest BCUT2D eigenvalue weighted by atomic mass is 10.1. The highest BCUT2D eigenvalue weighted by atomic mass is 32.2. The molecule has 0 aliphatic rings. The predicted molar refractivity (Wildman–Crippen MR) is 68.2 cm³/mol. The van der Waals surface area contributed by atoms with Crippen LogP contribution in [0.1, 0.15) is 18.9 Å². The van der Waals surface area contributed by atoms with Gasteiger partial charge in [0.25, 0.3) is 0 Å². The zero-order valence-electron chi connectivity index (χ0n) is 9.85. The summed E-state index contributed by atoms with van der Waals surface area (Å²) in [7, 11) is 0. The fourth-order valence-electron chi connectivity index (χ4n) is 1.36. The lowest BCUT2D eigenvalue weighted by Crippen LogP contribution is -2.05. The fourth-order valence-corrected chi connectivity index (χ4v) is 1.95. The number of benzene rings is 1. The van der Waals surface area contributed by atoms with Crippen LogP contribution >= 0.6 is 11.8 Å². The van der Waals surface area contributed by atoms with Crippen molar-refractivity contribution in [2.75, 3.05) is 12.4 Å². The zero-order valence-corrected chi connectivity index (χ0v) is 10.7. The second-order valence-corrected chi connectivity index (χ2v) is 4.52. The van der Waals surface area contributed by atoms with Crippen LogP contribution in [0.25, 0.3) is 0 Å². The van der Waals surface area contributed by atoms with Gasteiger partial charge in [0.15, 0.2) is 0 Å². The minimum absolute atomic E-state index is 0.160. The van der Waals surface area contributed by atoms with Gasteiger partial charge in [-0.3, -0.25) is 4.79 Å². The summed E-state index contributed by atoms with van der Waals surface area (Å²) in [6, 6.07) is 7.89. The first-order valence-corrected chi connectivity index (χ1v) is 6.55. The van der Waals surface area contributed by atoms with Crippen LogP contribution in [0, 0.1) is 0 Å². The van der Waals surface area contributed by atoms with Crippen LogP contribution in [0.2, 0.25) is 0 Å². The third-order valence-corrected chi connectivity index (χ3v) is 3.07. The van der Waals surface area contributed by atoms with Crippen molar-refractivity contribution in [3.63, 3.8) is 0 Å². The molecule has 1 aromatic carbocycles. The summed E-state index contributed by atoms with van der Waals surface area (Å²) in [5.74, 6) is 0.314. The number of esters is 1. The second kappa shape index (κ2) is 7.90. The number of aldehydes is 1. The minimum Gasteiger partial charge on any atom is -0.466 e. The Hall–Kier alpha value is -1.29. The van der Waals surface area contributed by atoms with Crippen molar-refractivity contribution in [3.8, 4) is 0 Å². The van der Waals surface area contributed by atoms with Gasteiger partial charge in [0.2, 0.25) is 0 Å². The van der Waals surface area contributed by atoms with Crippen LogP contribution in [0.15, 0.2) is 29.2 Å². The Bertz CT molecular complexity index is 359. The maximum atomic E-state index is 11.2. The Morgan fingerprint density at radius 2 is 2.06 bits per heavy atom. The first-order valence-electron chi connectivity index (χ1n) is 5.57. The van der Waals surface area contributed by atoms with Crippen LogP contribution in [0.5, 0.6) is 0 Å². The number of hydrogen-bond donors (Lipinski definition) is 0. The van der Waals surface area contributed by atoms with Gasteiger partial charge in [-0.05, 0) is 31.0 Å². The summed E-state index contributed by atoms with van der Waals surface area (Å²) in [5.41, 5.74) is 1.11. The molecule has 0 bridgehead atoms. The summed E-state index contributed by atoms with van der Waals surface area (Å²) in [6.45, 7) is 2.23. The number of carbonyl (C=O) groups excluding carboxylic acids is 2. The van der Waals surface area contributed by atoms with E-state index < -0.39 is 0 Å². The summed E-state index contributed by atoms with van der Waals surface area (Å²) in [5, 5.41) is 0. The third-order valence-electron chi connectivity index (χ3n) is 2.16. The van der Waals surface area contributed by atoms with Gasteiger partial charge in [-0.2, -0.15) is 0 Å². The molecule has 0 unspecified atom stereocenters. The minimum atomic E-state index is -0.160. The van der Waals surface area contributed by atoms with E-state index in [-0.39, 0.29) is 5.97 Å². The van der Waals surface area contributed by atoms with Crippen molar-refractivity contribution in [2.45, 2.75) is 24.7 Å². The zero-order chi connectivity index (χ0) is 12.5. The molecule has 1 aromatic rings. The molecule has 0 aliphatic carbocycles. The number of ether oxygens (including phenoxy) is 1. The lowest BCUT2D eigenvalue weighted by Gasteiger charge is -2.03. The average molecular weight is 252 g/mol. The van der Waals surface area contributed by atoms with Crippen LogP contribution in [-0.2, 0) is 20.7 Å². The quantitative estimate of drug-likeness (QED) is 0.425. The van der Waals surface area contributed by atoms with E-state index >= 15 is 0 Å². The van der Waals surface area contributed by atoms with Crippen molar-refractivity contribution in [2.24, 2.45) is 0 Å². The van der Waals surface area contributed by atoms with Crippen LogP contribution < -0.4 is 0 Å². The monoisotopic (exact) mass is 252 g/mol. The molecule has 0 saturated heterocycles.